The highest BCUT2D eigenvalue weighted by atomic mass is 32.2. The van der Waals surface area contributed by atoms with Gasteiger partial charge < -0.3 is 14.0 Å². The van der Waals surface area contributed by atoms with Crippen molar-refractivity contribution in [3.8, 4) is 17.6 Å². The zero-order valence-electron chi connectivity index (χ0n) is 18.9. The summed E-state index contributed by atoms with van der Waals surface area (Å²) < 4.78 is 36.4. The Morgan fingerprint density at radius 2 is 1.89 bits per heavy atom. The summed E-state index contributed by atoms with van der Waals surface area (Å²) in [6, 6.07) is 17.1. The number of anilines is 2. The van der Waals surface area contributed by atoms with Crippen molar-refractivity contribution >= 4 is 39.5 Å². The van der Waals surface area contributed by atoms with Crippen LogP contribution in [0.4, 0.5) is 11.4 Å². The first kappa shape index (κ1) is 23.9. The predicted molar refractivity (Wildman–Crippen MR) is 132 cm³/mol. The topological polar surface area (TPSA) is 105 Å². The molecule has 0 aliphatic carbocycles. The molecule has 0 saturated carbocycles. The van der Waals surface area contributed by atoms with Gasteiger partial charge in [-0.1, -0.05) is 30.0 Å². The van der Waals surface area contributed by atoms with Crippen LogP contribution in [-0.4, -0.2) is 38.4 Å². The van der Waals surface area contributed by atoms with Crippen LogP contribution in [-0.2, 0) is 16.0 Å². The van der Waals surface area contributed by atoms with Gasteiger partial charge in [-0.15, -0.1) is 0 Å². The van der Waals surface area contributed by atoms with E-state index in [0.29, 0.717) is 40.4 Å². The molecule has 1 atom stereocenters. The molecule has 0 saturated heterocycles. The van der Waals surface area contributed by atoms with E-state index in [4.69, 9.17) is 4.74 Å². The molecule has 2 heterocycles. The monoisotopic (exact) mass is 486 g/mol. The number of benzene rings is 2. The van der Waals surface area contributed by atoms with E-state index >= 15 is 0 Å². The van der Waals surface area contributed by atoms with Crippen molar-refractivity contribution in [2.45, 2.75) is 6.92 Å². The van der Waals surface area contributed by atoms with E-state index in [9.17, 15) is 13.6 Å². The van der Waals surface area contributed by atoms with Crippen molar-refractivity contribution < 1.29 is 23.0 Å². The summed E-state index contributed by atoms with van der Waals surface area (Å²) in [5, 5.41) is 0.802. The van der Waals surface area contributed by atoms with Crippen LogP contribution in [0.2, 0.25) is 0 Å². The Kier molecular flexibility index (Phi) is 7.35. The largest absolute Gasteiger partial charge is 0.755 e. The number of rotatable bonds is 6. The Labute approximate surface area is 205 Å². The number of aromatic nitrogens is 2. The normalized spacial score (nSPS) is 11.3. The van der Waals surface area contributed by atoms with Gasteiger partial charge in [0, 0.05) is 23.3 Å². The lowest BCUT2D eigenvalue weighted by Gasteiger charge is -2.28. The summed E-state index contributed by atoms with van der Waals surface area (Å²) in [5.41, 5.74) is 2.39. The third-order valence-corrected chi connectivity index (χ3v) is 5.67. The van der Waals surface area contributed by atoms with Crippen LogP contribution in [0.25, 0.3) is 10.9 Å². The zero-order chi connectivity index (χ0) is 24.8. The average Bonchev–Trinajstić information content (AvgIpc) is 2.88. The molecule has 0 aliphatic rings. The molecule has 2 aromatic carbocycles. The third-order valence-electron chi connectivity index (χ3n) is 4.98. The van der Waals surface area contributed by atoms with Crippen LogP contribution in [0.3, 0.4) is 0 Å². The predicted octanol–water partition coefficient (Wildman–Crippen LogP) is 4.15. The lowest BCUT2D eigenvalue weighted by molar-refractivity contribution is 0.0594. The first-order valence-electron chi connectivity index (χ1n) is 10.6. The lowest BCUT2D eigenvalue weighted by atomic mass is 10.1. The number of methoxy groups -OCH3 is 1. The van der Waals surface area contributed by atoms with Crippen molar-refractivity contribution in [1.29, 1.82) is 0 Å². The van der Waals surface area contributed by atoms with Crippen LogP contribution in [0, 0.1) is 11.8 Å². The van der Waals surface area contributed by atoms with Gasteiger partial charge >= 0.3 is 5.97 Å². The number of hydrogen-bond acceptors (Lipinski definition) is 7. The number of pyridine rings is 2. The number of hydrogen-bond donors (Lipinski definition) is 0. The van der Waals surface area contributed by atoms with Crippen molar-refractivity contribution in [3.05, 3.63) is 89.9 Å². The molecular formula is C26H20N3O5S-. The van der Waals surface area contributed by atoms with E-state index in [1.807, 2.05) is 19.1 Å². The maximum absolute atomic E-state index is 12.5. The molecule has 176 valence electrons. The van der Waals surface area contributed by atoms with Gasteiger partial charge in [0.2, 0.25) is 0 Å². The SMILES string of the molecule is CCOc1ccc(N(c2cccc3cccnc23)S(=O)[O-])c(C#Cc2ccc(C(=O)OC)nc2)c1. The zero-order valence-corrected chi connectivity index (χ0v) is 19.7. The number of fused-ring (bicyclic) bond motifs is 1. The molecule has 0 fully saturated rings. The van der Waals surface area contributed by atoms with Gasteiger partial charge in [0.15, 0.2) is 0 Å². The summed E-state index contributed by atoms with van der Waals surface area (Å²) in [6.07, 6.45) is 3.06. The van der Waals surface area contributed by atoms with Gasteiger partial charge in [0.1, 0.15) is 11.4 Å². The van der Waals surface area contributed by atoms with Crippen molar-refractivity contribution in [3.63, 3.8) is 0 Å². The lowest BCUT2D eigenvalue weighted by Crippen LogP contribution is -2.21. The standard InChI is InChI=1S/C26H21N3O5S/c1-3-34-21-12-14-23(20(16-21)11-9-18-10-13-22(28-17-18)26(30)33-2)29(35(31)32)24-8-4-6-19-7-5-15-27-25(19)24/h4-8,10,12-17H,3H2,1-2H3,(H,31,32)/p-1. The molecule has 4 aromatic rings. The first-order valence-corrected chi connectivity index (χ1v) is 11.6. The fraction of sp³-hybridized carbons (Fsp3) is 0.115. The van der Waals surface area contributed by atoms with Gasteiger partial charge in [-0.2, -0.15) is 0 Å². The van der Waals surface area contributed by atoms with Crippen molar-refractivity contribution in [1.82, 2.24) is 9.97 Å². The molecule has 2 aromatic heterocycles. The Morgan fingerprint density at radius 1 is 1.06 bits per heavy atom. The maximum atomic E-state index is 12.5. The molecule has 0 N–H and O–H groups in total. The van der Waals surface area contributed by atoms with Crippen LogP contribution >= 0.6 is 0 Å². The Bertz CT molecular complexity index is 1460. The van der Waals surface area contributed by atoms with Crippen LogP contribution < -0.4 is 9.04 Å². The fourth-order valence-corrected chi connectivity index (χ4v) is 4.05. The van der Waals surface area contributed by atoms with Crippen LogP contribution in [0.1, 0.15) is 28.5 Å². The van der Waals surface area contributed by atoms with E-state index in [1.165, 1.54) is 19.4 Å². The first-order chi connectivity index (χ1) is 17.0. The number of para-hydroxylation sites is 1. The smallest absolute Gasteiger partial charge is 0.356 e. The van der Waals surface area contributed by atoms with E-state index in [2.05, 4.69) is 26.5 Å². The van der Waals surface area contributed by atoms with Gasteiger partial charge in [0.25, 0.3) is 0 Å². The molecule has 0 spiro atoms. The molecule has 0 bridgehead atoms. The van der Waals surface area contributed by atoms with Crippen LogP contribution in [0.15, 0.2) is 73.1 Å². The molecular weight excluding hydrogens is 466 g/mol. The number of carbonyl (C=O) groups excluding carboxylic acids is 1. The number of ether oxygens (including phenoxy) is 2. The highest BCUT2D eigenvalue weighted by Gasteiger charge is 2.18. The Morgan fingerprint density at radius 3 is 2.60 bits per heavy atom. The third kappa shape index (κ3) is 5.30. The van der Waals surface area contributed by atoms with Gasteiger partial charge in [0.05, 0.1) is 47.4 Å². The summed E-state index contributed by atoms with van der Waals surface area (Å²) in [4.78, 5) is 20.1. The molecule has 9 heteroatoms. The quantitative estimate of drug-likeness (QED) is 0.229. The second kappa shape index (κ2) is 10.8. The van der Waals surface area contributed by atoms with Crippen molar-refractivity contribution in [2.75, 3.05) is 18.0 Å². The second-order valence-electron chi connectivity index (χ2n) is 7.15. The van der Waals surface area contributed by atoms with E-state index in [0.717, 1.165) is 9.69 Å². The number of esters is 1. The van der Waals surface area contributed by atoms with E-state index in [-0.39, 0.29) is 5.69 Å². The molecule has 0 amide bonds. The molecule has 0 aliphatic heterocycles. The van der Waals surface area contributed by atoms with Gasteiger partial charge in [-0.05, 0) is 49.4 Å². The molecule has 8 nitrogen and oxygen atoms in total. The van der Waals surface area contributed by atoms with E-state index < -0.39 is 17.2 Å². The Balaban J connectivity index is 1.82. The second-order valence-corrected chi connectivity index (χ2v) is 7.95. The van der Waals surface area contributed by atoms with Gasteiger partial charge in [-0.3, -0.25) is 13.5 Å². The summed E-state index contributed by atoms with van der Waals surface area (Å²) >= 11 is -2.67. The molecule has 4 rings (SSSR count). The minimum Gasteiger partial charge on any atom is -0.755 e. The highest BCUT2D eigenvalue weighted by Crippen LogP contribution is 2.35. The number of carbonyl (C=O) groups is 1. The van der Waals surface area contributed by atoms with Crippen molar-refractivity contribution in [2.24, 2.45) is 0 Å². The molecule has 0 radical (unpaired) electrons. The van der Waals surface area contributed by atoms with E-state index in [1.54, 1.807) is 48.7 Å². The van der Waals surface area contributed by atoms with Gasteiger partial charge in [-0.25, -0.2) is 9.78 Å². The minimum absolute atomic E-state index is 0.161. The summed E-state index contributed by atoms with van der Waals surface area (Å²) in [6.45, 7) is 2.30. The van der Waals surface area contributed by atoms with Crippen LogP contribution in [0.5, 0.6) is 5.75 Å². The highest BCUT2D eigenvalue weighted by molar-refractivity contribution is 7.81. The number of nitrogens with zero attached hydrogens (tertiary/aromatic N) is 3. The maximum Gasteiger partial charge on any atom is 0.356 e. The molecule has 35 heavy (non-hydrogen) atoms. The fourth-order valence-electron chi connectivity index (χ4n) is 3.42. The average molecular weight is 487 g/mol. The minimum atomic E-state index is -2.67. The Hall–Kier alpha value is -4.26. The summed E-state index contributed by atoms with van der Waals surface area (Å²) in [7, 11) is 1.28. The molecule has 1 unspecified atom stereocenters. The summed E-state index contributed by atoms with van der Waals surface area (Å²) in [5.74, 6) is 6.00.